The number of benzene rings is 3. The van der Waals surface area contributed by atoms with Gasteiger partial charge in [-0.2, -0.15) is 0 Å². The number of hydrogen-bond acceptors (Lipinski definition) is 9. The topological polar surface area (TPSA) is 118 Å². The summed E-state index contributed by atoms with van der Waals surface area (Å²) < 4.78 is 26.3. The smallest absolute Gasteiger partial charge is 0.278 e. The highest BCUT2D eigenvalue weighted by atomic mass is 32.2. The van der Waals surface area contributed by atoms with Crippen LogP contribution in [0, 0.1) is 0 Å². The SMILES string of the molecule is COc1ccc(C(OC[C@H]2O[C@@H](n3cnc4c(=O)[nH]cnc43)C[C@@H]2SC(C)=O)(c2ccccc2)c2ccc(OC)cc2)cc1. The van der Waals surface area contributed by atoms with E-state index in [0.717, 1.165) is 28.2 Å². The summed E-state index contributed by atoms with van der Waals surface area (Å²) in [5, 5.41) is -0.230. The fourth-order valence-electron chi connectivity index (χ4n) is 5.71. The van der Waals surface area contributed by atoms with Crippen molar-refractivity contribution in [2.45, 2.75) is 36.5 Å². The standard InChI is InChI=1S/C33H32N4O6S/c1-21(38)44-28-17-29(37-20-36-30-31(37)34-19-35-32(30)39)43-27(28)18-42-33(22-7-5-4-6-8-22,23-9-13-25(40-2)14-10-23)24-11-15-26(41-3)16-12-24/h4-16,19-20,27-29H,17-18H2,1-3H3,(H,34,35,39)/t27-,28+,29-/m1/s1. The average Bonchev–Trinajstić information content (AvgIpc) is 3.67. The van der Waals surface area contributed by atoms with Gasteiger partial charge in [-0.15, -0.1) is 0 Å². The van der Waals surface area contributed by atoms with Crippen LogP contribution >= 0.6 is 11.8 Å². The highest BCUT2D eigenvalue weighted by Crippen LogP contribution is 2.44. The summed E-state index contributed by atoms with van der Waals surface area (Å²) in [6, 6.07) is 25.6. The Hall–Kier alpha value is -4.45. The van der Waals surface area contributed by atoms with Crippen LogP contribution in [0.5, 0.6) is 11.5 Å². The fourth-order valence-corrected chi connectivity index (χ4v) is 6.70. The molecule has 226 valence electrons. The summed E-state index contributed by atoms with van der Waals surface area (Å²) in [7, 11) is 3.27. The number of thioether (sulfide) groups is 1. The van der Waals surface area contributed by atoms with Crippen LogP contribution in [-0.2, 0) is 19.9 Å². The predicted molar refractivity (Wildman–Crippen MR) is 167 cm³/mol. The van der Waals surface area contributed by atoms with E-state index in [2.05, 4.69) is 15.0 Å². The van der Waals surface area contributed by atoms with Crippen LogP contribution in [-0.4, -0.2) is 56.8 Å². The summed E-state index contributed by atoms with van der Waals surface area (Å²) in [5.41, 5.74) is 1.99. The second kappa shape index (κ2) is 12.7. The normalized spacial score (nSPS) is 18.4. The summed E-state index contributed by atoms with van der Waals surface area (Å²) >= 11 is 1.23. The number of fused-ring (bicyclic) bond motifs is 1. The van der Waals surface area contributed by atoms with Crippen molar-refractivity contribution < 1.29 is 23.7 Å². The van der Waals surface area contributed by atoms with Gasteiger partial charge < -0.3 is 23.9 Å². The molecule has 6 rings (SSSR count). The van der Waals surface area contributed by atoms with Gasteiger partial charge in [0.25, 0.3) is 5.56 Å². The van der Waals surface area contributed by atoms with E-state index >= 15 is 0 Å². The maximum Gasteiger partial charge on any atom is 0.278 e. The van der Waals surface area contributed by atoms with Crippen molar-refractivity contribution in [2.24, 2.45) is 0 Å². The Bertz CT molecular complexity index is 1740. The molecule has 3 atom stereocenters. The minimum Gasteiger partial charge on any atom is -0.497 e. The molecule has 5 aromatic rings. The number of rotatable bonds is 10. The molecule has 0 spiro atoms. The first kappa shape index (κ1) is 29.6. The van der Waals surface area contributed by atoms with Gasteiger partial charge in [0.1, 0.15) is 23.3 Å². The van der Waals surface area contributed by atoms with Crippen molar-refractivity contribution in [1.82, 2.24) is 19.5 Å². The number of ether oxygens (including phenoxy) is 4. The van der Waals surface area contributed by atoms with Gasteiger partial charge in [0.2, 0.25) is 0 Å². The first-order valence-corrected chi connectivity index (χ1v) is 15.0. The molecule has 1 N–H and O–H groups in total. The van der Waals surface area contributed by atoms with Crippen molar-refractivity contribution in [3.8, 4) is 11.5 Å². The molecule has 1 aliphatic heterocycles. The monoisotopic (exact) mass is 612 g/mol. The molecule has 3 aromatic carbocycles. The Kier molecular flexibility index (Phi) is 8.51. The first-order valence-electron chi connectivity index (χ1n) is 14.1. The largest absolute Gasteiger partial charge is 0.497 e. The maximum absolute atomic E-state index is 12.3. The second-order valence-electron chi connectivity index (χ2n) is 10.4. The molecule has 1 saturated heterocycles. The van der Waals surface area contributed by atoms with E-state index in [1.54, 1.807) is 32.0 Å². The molecule has 11 heteroatoms. The number of hydrogen-bond donors (Lipinski definition) is 1. The molecule has 1 aliphatic rings. The lowest BCUT2D eigenvalue weighted by atomic mass is 9.80. The summed E-state index contributed by atoms with van der Waals surface area (Å²) in [6.45, 7) is 1.71. The number of aromatic amines is 1. The van der Waals surface area contributed by atoms with Gasteiger partial charge in [0, 0.05) is 18.6 Å². The highest BCUT2D eigenvalue weighted by Gasteiger charge is 2.43. The van der Waals surface area contributed by atoms with Gasteiger partial charge in [0.05, 0.1) is 39.6 Å². The molecular weight excluding hydrogens is 580 g/mol. The average molecular weight is 613 g/mol. The lowest BCUT2D eigenvalue weighted by molar-refractivity contribution is -0.109. The van der Waals surface area contributed by atoms with Crippen LogP contribution in [0.2, 0.25) is 0 Å². The molecule has 0 unspecified atom stereocenters. The lowest BCUT2D eigenvalue weighted by Crippen LogP contribution is -2.37. The zero-order chi connectivity index (χ0) is 30.7. The first-order chi connectivity index (χ1) is 21.4. The van der Waals surface area contributed by atoms with Gasteiger partial charge >= 0.3 is 0 Å². The molecule has 2 aromatic heterocycles. The molecule has 3 heterocycles. The Morgan fingerprint density at radius 1 is 0.955 bits per heavy atom. The van der Waals surface area contributed by atoms with Crippen LogP contribution in [0.3, 0.4) is 0 Å². The molecule has 0 amide bonds. The number of methoxy groups -OCH3 is 2. The molecule has 0 radical (unpaired) electrons. The van der Waals surface area contributed by atoms with Crippen LogP contribution in [0.15, 0.2) is 96.3 Å². The van der Waals surface area contributed by atoms with E-state index in [4.69, 9.17) is 18.9 Å². The molecule has 1 fully saturated rings. The van der Waals surface area contributed by atoms with Gasteiger partial charge in [-0.1, -0.05) is 66.4 Å². The molecule has 0 aliphatic carbocycles. The number of aromatic nitrogens is 4. The maximum atomic E-state index is 12.3. The molecule has 10 nitrogen and oxygen atoms in total. The van der Waals surface area contributed by atoms with Gasteiger partial charge in [-0.3, -0.25) is 14.2 Å². The summed E-state index contributed by atoms with van der Waals surface area (Å²) in [5.74, 6) is 1.45. The molecular formula is C33H32N4O6S. The third-order valence-electron chi connectivity index (χ3n) is 7.81. The predicted octanol–water partition coefficient (Wildman–Crippen LogP) is 5.08. The lowest BCUT2D eigenvalue weighted by Gasteiger charge is -2.37. The van der Waals surface area contributed by atoms with Crippen LogP contribution in [0.25, 0.3) is 11.2 Å². The number of imidazole rings is 1. The van der Waals surface area contributed by atoms with Crippen molar-refractivity contribution >= 4 is 28.0 Å². The zero-order valence-electron chi connectivity index (χ0n) is 24.5. The summed E-state index contributed by atoms with van der Waals surface area (Å²) in [4.78, 5) is 35.8. The zero-order valence-corrected chi connectivity index (χ0v) is 25.3. The molecule has 0 saturated carbocycles. The third kappa shape index (κ3) is 5.61. The van der Waals surface area contributed by atoms with Crippen molar-refractivity contribution in [3.63, 3.8) is 0 Å². The Morgan fingerprint density at radius 2 is 1.57 bits per heavy atom. The third-order valence-corrected chi connectivity index (χ3v) is 8.94. The molecule has 44 heavy (non-hydrogen) atoms. The highest BCUT2D eigenvalue weighted by molar-refractivity contribution is 8.14. The van der Waals surface area contributed by atoms with E-state index in [-0.39, 0.29) is 28.0 Å². The fraction of sp³-hybridized carbons (Fsp3) is 0.273. The number of nitrogens with zero attached hydrogens (tertiary/aromatic N) is 3. The Balaban J connectivity index is 1.41. The quantitative estimate of drug-likeness (QED) is 0.216. The van der Waals surface area contributed by atoms with Crippen molar-refractivity contribution in [3.05, 3.63) is 119 Å². The van der Waals surface area contributed by atoms with E-state index in [1.165, 1.54) is 18.1 Å². The second-order valence-corrected chi connectivity index (χ2v) is 11.8. The van der Waals surface area contributed by atoms with E-state index in [9.17, 15) is 9.59 Å². The van der Waals surface area contributed by atoms with Crippen molar-refractivity contribution in [2.75, 3.05) is 20.8 Å². The van der Waals surface area contributed by atoms with Crippen molar-refractivity contribution in [1.29, 1.82) is 0 Å². The van der Waals surface area contributed by atoms with Crippen LogP contribution in [0.4, 0.5) is 0 Å². The van der Waals surface area contributed by atoms with Crippen LogP contribution < -0.4 is 15.0 Å². The minimum atomic E-state index is -1.04. The van der Waals surface area contributed by atoms with E-state index in [1.807, 2.05) is 78.9 Å². The summed E-state index contributed by atoms with van der Waals surface area (Å²) in [6.07, 6.45) is 2.44. The van der Waals surface area contributed by atoms with E-state index < -0.39 is 17.9 Å². The van der Waals surface area contributed by atoms with Crippen LogP contribution in [0.1, 0.15) is 36.3 Å². The van der Waals surface area contributed by atoms with Gasteiger partial charge in [0.15, 0.2) is 16.3 Å². The number of carbonyl (C=O) groups is 1. The van der Waals surface area contributed by atoms with E-state index in [0.29, 0.717) is 12.1 Å². The van der Waals surface area contributed by atoms with Gasteiger partial charge in [-0.05, 0) is 41.0 Å². The minimum absolute atomic E-state index is 0.0195. The number of carbonyl (C=O) groups excluding carboxylic acids is 1. The number of nitrogens with one attached hydrogen (secondary N) is 1. The Morgan fingerprint density at radius 3 is 2.16 bits per heavy atom. The van der Waals surface area contributed by atoms with Gasteiger partial charge in [-0.25, -0.2) is 9.97 Å². The Labute approximate surface area is 258 Å². The molecule has 0 bridgehead atoms. The number of H-pyrrole nitrogens is 1.